The molecular weight excluding hydrogens is 580 g/mol. The molecule has 0 unspecified atom stereocenters. The van der Waals surface area contributed by atoms with E-state index in [1.807, 2.05) is 0 Å². The monoisotopic (exact) mass is 600 g/mol. The first kappa shape index (κ1) is 25.3. The number of carbonyl (C=O) groups is 1. The van der Waals surface area contributed by atoms with Gasteiger partial charge in [-0.05, 0) is 58.2 Å². The molecule has 1 heterocycles. The van der Waals surface area contributed by atoms with E-state index in [1.54, 1.807) is 36.4 Å². The number of hydrogen-bond donors (Lipinski definition) is 2. The molecule has 1 aliphatic heterocycles. The number of methoxy groups -OCH3 is 1. The first-order valence-electron chi connectivity index (χ1n) is 9.87. The van der Waals surface area contributed by atoms with Crippen LogP contribution in [0.1, 0.15) is 12.0 Å². The second-order valence-electron chi connectivity index (χ2n) is 7.55. The fourth-order valence-electron chi connectivity index (χ4n) is 3.72. The van der Waals surface area contributed by atoms with Crippen LogP contribution in [0.5, 0.6) is 5.75 Å². The summed E-state index contributed by atoms with van der Waals surface area (Å²) in [6.07, 6.45) is 1.22. The number of nitrogens with one attached hydrogen (secondary N) is 1. The molecule has 1 aliphatic rings. The van der Waals surface area contributed by atoms with Gasteiger partial charge in [0.25, 0.3) is 0 Å². The molecule has 1 fully saturated rings. The van der Waals surface area contributed by atoms with Crippen molar-refractivity contribution >= 4 is 48.0 Å². The molecule has 3 rings (SSSR count). The van der Waals surface area contributed by atoms with Crippen LogP contribution in [0.15, 0.2) is 56.3 Å². The lowest BCUT2D eigenvalue weighted by atomic mass is 10.1. The van der Waals surface area contributed by atoms with Crippen LogP contribution in [0.4, 0.5) is 4.79 Å². The van der Waals surface area contributed by atoms with Gasteiger partial charge in [-0.3, -0.25) is 0 Å². The number of hydrogen-bond acceptors (Lipinski definition) is 6. The highest BCUT2D eigenvalue weighted by Gasteiger charge is 2.36. The highest BCUT2D eigenvalue weighted by Crippen LogP contribution is 2.27. The van der Waals surface area contributed by atoms with Gasteiger partial charge in [0, 0.05) is 34.6 Å². The molecule has 176 valence electrons. The Morgan fingerprint density at radius 2 is 2.09 bits per heavy atom. The first-order valence-corrected chi connectivity index (χ1v) is 12.9. The van der Waals surface area contributed by atoms with E-state index < -0.39 is 28.2 Å². The topological polar surface area (TPSA) is 123 Å². The third kappa shape index (κ3) is 6.38. The second kappa shape index (κ2) is 10.7. The van der Waals surface area contributed by atoms with Crippen LogP contribution in [-0.4, -0.2) is 61.7 Å². The van der Waals surface area contributed by atoms with E-state index in [0.717, 1.165) is 5.56 Å². The summed E-state index contributed by atoms with van der Waals surface area (Å²) >= 11 is 6.54. The number of amides is 1. The van der Waals surface area contributed by atoms with Gasteiger partial charge in [-0.25, -0.2) is 17.9 Å². The minimum Gasteiger partial charge on any atom is -0.497 e. The van der Waals surface area contributed by atoms with Gasteiger partial charge in [-0.1, -0.05) is 28.1 Å². The van der Waals surface area contributed by atoms with Crippen molar-refractivity contribution in [3.05, 3.63) is 57.0 Å². The van der Waals surface area contributed by atoms with E-state index in [2.05, 4.69) is 42.8 Å². The number of nitrogens with zero attached hydrogens (tertiary/aromatic N) is 3. The smallest absolute Gasteiger partial charge is 0.407 e. The van der Waals surface area contributed by atoms with Gasteiger partial charge in [-0.2, -0.15) is 5.26 Å². The number of rotatable bonds is 8. The summed E-state index contributed by atoms with van der Waals surface area (Å²) in [4.78, 5) is 14.6. The number of sulfonamides is 1. The largest absolute Gasteiger partial charge is 0.497 e. The van der Waals surface area contributed by atoms with Crippen LogP contribution < -0.4 is 9.46 Å². The molecule has 0 aliphatic carbocycles. The maximum atomic E-state index is 12.9. The van der Waals surface area contributed by atoms with Crippen molar-refractivity contribution in [1.82, 2.24) is 14.5 Å². The molecular formula is C21H22Br2N4O5S. The summed E-state index contributed by atoms with van der Waals surface area (Å²) in [6, 6.07) is 10.9. The average molecular weight is 602 g/mol. The van der Waals surface area contributed by atoms with E-state index in [9.17, 15) is 23.6 Å². The third-order valence-electron chi connectivity index (χ3n) is 5.26. The zero-order valence-corrected chi connectivity index (χ0v) is 21.6. The van der Waals surface area contributed by atoms with E-state index in [-0.39, 0.29) is 24.5 Å². The molecule has 33 heavy (non-hydrogen) atoms. The molecule has 0 bridgehead atoms. The fourth-order valence-corrected chi connectivity index (χ4v) is 6.46. The van der Waals surface area contributed by atoms with Crippen molar-refractivity contribution in [3.63, 3.8) is 0 Å². The van der Waals surface area contributed by atoms with Crippen LogP contribution in [0.2, 0.25) is 0 Å². The van der Waals surface area contributed by atoms with Gasteiger partial charge in [-0.15, -0.1) is 0 Å². The predicted octanol–water partition coefficient (Wildman–Crippen LogP) is 3.60. The van der Waals surface area contributed by atoms with Crippen molar-refractivity contribution < 1.29 is 23.1 Å². The molecule has 0 aromatic heterocycles. The summed E-state index contributed by atoms with van der Waals surface area (Å²) in [5.41, 5.74) is 0.745. The number of nitriles is 1. The normalized spacial score (nSPS) is 18.1. The first-order chi connectivity index (χ1) is 15.6. The summed E-state index contributed by atoms with van der Waals surface area (Å²) in [7, 11) is -2.33. The number of carboxylic acid groups (broad SMARTS) is 1. The average Bonchev–Trinajstić information content (AvgIpc) is 3.15. The van der Waals surface area contributed by atoms with Gasteiger partial charge in [0.2, 0.25) is 10.0 Å². The van der Waals surface area contributed by atoms with Crippen LogP contribution >= 0.6 is 31.9 Å². The van der Waals surface area contributed by atoms with Gasteiger partial charge < -0.3 is 19.6 Å². The lowest BCUT2D eigenvalue weighted by Gasteiger charge is -2.26. The van der Waals surface area contributed by atoms with Gasteiger partial charge in [0.1, 0.15) is 5.75 Å². The Balaban J connectivity index is 1.72. The maximum absolute atomic E-state index is 12.9. The summed E-state index contributed by atoms with van der Waals surface area (Å²) < 4.78 is 34.7. The second-order valence-corrected chi connectivity index (χ2v) is 11.0. The highest BCUT2D eigenvalue weighted by molar-refractivity contribution is 9.11. The summed E-state index contributed by atoms with van der Waals surface area (Å²) in [5.74, 6) is 0.616. The Morgan fingerprint density at radius 1 is 1.33 bits per heavy atom. The molecule has 2 N–H and O–H groups in total. The van der Waals surface area contributed by atoms with E-state index in [0.29, 0.717) is 21.1 Å². The molecule has 0 spiro atoms. The Bertz CT molecular complexity index is 1170. The Labute approximate surface area is 209 Å². The molecule has 9 nitrogen and oxygen atoms in total. The molecule has 2 aromatic rings. The van der Waals surface area contributed by atoms with E-state index in [1.165, 1.54) is 23.0 Å². The van der Waals surface area contributed by atoms with E-state index in [4.69, 9.17) is 4.74 Å². The minimum atomic E-state index is -3.86. The van der Waals surface area contributed by atoms with Crippen molar-refractivity contribution in [2.24, 2.45) is 0 Å². The summed E-state index contributed by atoms with van der Waals surface area (Å²) in [6.45, 7) is 0.321. The third-order valence-corrected chi connectivity index (χ3v) is 8.26. The molecule has 2 atom stereocenters. The van der Waals surface area contributed by atoms with Crippen molar-refractivity contribution in [3.8, 4) is 11.9 Å². The van der Waals surface area contributed by atoms with Gasteiger partial charge in [0.15, 0.2) is 6.19 Å². The molecule has 0 saturated carbocycles. The lowest BCUT2D eigenvalue weighted by Crippen LogP contribution is -2.40. The van der Waals surface area contributed by atoms with E-state index >= 15 is 0 Å². The minimum absolute atomic E-state index is 0.0545. The zero-order chi connectivity index (χ0) is 24.2. The summed E-state index contributed by atoms with van der Waals surface area (Å²) in [5, 5.41) is 19.3. The Morgan fingerprint density at radius 3 is 2.76 bits per heavy atom. The molecule has 1 saturated heterocycles. The van der Waals surface area contributed by atoms with Crippen molar-refractivity contribution in [2.75, 3.05) is 20.2 Å². The standard InChI is InChI=1S/C21H22Br2N4O5S/c1-32-18-4-2-3-14(7-18)10-26(21(28)29)12-17-9-16(11-27(17)13-24)25-33(30,31)20-8-15(22)5-6-19(20)23/h2-8,16-17,25H,9-12H2,1H3,(H,28,29)/t16-,17-/m1/s1. The molecule has 0 radical (unpaired) electrons. The van der Waals surface area contributed by atoms with Crippen molar-refractivity contribution in [2.45, 2.75) is 29.9 Å². The molecule has 1 amide bonds. The molecule has 12 heteroatoms. The number of likely N-dealkylation sites (tertiary alicyclic amines) is 1. The van der Waals surface area contributed by atoms with Crippen molar-refractivity contribution in [1.29, 1.82) is 5.26 Å². The lowest BCUT2D eigenvalue weighted by molar-refractivity contribution is 0.130. The Hall–Kier alpha value is -2.33. The SMILES string of the molecule is COc1cccc(CN(C[C@H]2C[C@@H](NS(=O)(=O)c3cc(Br)ccc3Br)CN2C#N)C(=O)O)c1. The van der Waals surface area contributed by atoms with Gasteiger partial charge >= 0.3 is 6.09 Å². The van der Waals surface area contributed by atoms with Gasteiger partial charge in [0.05, 0.1) is 18.0 Å². The zero-order valence-electron chi connectivity index (χ0n) is 17.6. The van der Waals surface area contributed by atoms with Crippen LogP contribution in [0.25, 0.3) is 0 Å². The number of benzene rings is 2. The van der Waals surface area contributed by atoms with Crippen LogP contribution in [0.3, 0.4) is 0 Å². The fraction of sp³-hybridized carbons (Fsp3) is 0.333. The van der Waals surface area contributed by atoms with Crippen LogP contribution in [-0.2, 0) is 16.6 Å². The Kier molecular flexibility index (Phi) is 8.23. The number of halogens is 2. The number of ether oxygens (including phenoxy) is 1. The molecule has 2 aromatic carbocycles. The maximum Gasteiger partial charge on any atom is 0.407 e. The van der Waals surface area contributed by atoms with Crippen LogP contribution in [0, 0.1) is 11.5 Å². The predicted molar refractivity (Wildman–Crippen MR) is 128 cm³/mol. The quantitative estimate of drug-likeness (QED) is 0.443. The highest BCUT2D eigenvalue weighted by atomic mass is 79.9.